The Morgan fingerprint density at radius 3 is 3.00 bits per heavy atom. The average Bonchev–Trinajstić information content (AvgIpc) is 2.27. The number of amides is 1. The van der Waals surface area contributed by atoms with E-state index in [4.69, 9.17) is 16.3 Å². The molecule has 1 fully saturated rings. The summed E-state index contributed by atoms with van der Waals surface area (Å²) < 4.78 is 5.31. The van der Waals surface area contributed by atoms with Crippen LogP contribution in [-0.4, -0.2) is 41.6 Å². The molecule has 0 saturated carbocycles. The molecule has 0 aliphatic carbocycles. The minimum absolute atomic E-state index is 0.00630. The van der Waals surface area contributed by atoms with Crippen LogP contribution in [0.25, 0.3) is 0 Å². The Balaban J connectivity index is 2.23. The smallest absolute Gasteiger partial charge is 0.254 e. The van der Waals surface area contributed by atoms with Crippen molar-refractivity contribution in [2.75, 3.05) is 19.8 Å². The van der Waals surface area contributed by atoms with Gasteiger partial charge in [-0.15, -0.1) is 0 Å². The molecule has 1 aliphatic heterocycles. The van der Waals surface area contributed by atoms with Crippen LogP contribution in [0.2, 0.25) is 5.15 Å². The molecule has 0 unspecified atom stereocenters. The van der Waals surface area contributed by atoms with Crippen molar-refractivity contribution in [1.82, 2.24) is 9.88 Å². The Kier molecular flexibility index (Phi) is 3.64. The van der Waals surface area contributed by atoms with E-state index in [1.54, 1.807) is 12.1 Å². The second kappa shape index (κ2) is 5.02. The van der Waals surface area contributed by atoms with E-state index in [0.29, 0.717) is 30.5 Å². The summed E-state index contributed by atoms with van der Waals surface area (Å²) in [6.45, 7) is 5.61. The zero-order valence-electron chi connectivity index (χ0n) is 9.94. The van der Waals surface area contributed by atoms with Crippen molar-refractivity contribution in [2.24, 2.45) is 0 Å². The van der Waals surface area contributed by atoms with E-state index in [9.17, 15) is 4.79 Å². The Morgan fingerprint density at radius 1 is 1.59 bits per heavy atom. The van der Waals surface area contributed by atoms with Crippen molar-refractivity contribution in [3.05, 3.63) is 28.5 Å². The summed E-state index contributed by atoms with van der Waals surface area (Å²) in [7, 11) is 0. The van der Waals surface area contributed by atoms with Crippen LogP contribution in [0, 0.1) is 6.92 Å². The number of morpholine rings is 1. The maximum Gasteiger partial charge on any atom is 0.254 e. The molecular formula is C12H15ClN2O2. The zero-order chi connectivity index (χ0) is 12.4. The van der Waals surface area contributed by atoms with Crippen molar-refractivity contribution in [2.45, 2.75) is 19.9 Å². The van der Waals surface area contributed by atoms with E-state index < -0.39 is 0 Å². The highest BCUT2D eigenvalue weighted by molar-refractivity contribution is 6.29. The van der Waals surface area contributed by atoms with Crippen molar-refractivity contribution in [3.8, 4) is 0 Å². The topological polar surface area (TPSA) is 42.4 Å². The predicted octanol–water partition coefficient (Wildman–Crippen LogP) is 1.90. The van der Waals surface area contributed by atoms with Gasteiger partial charge in [0.2, 0.25) is 0 Å². The third-order valence-electron chi connectivity index (χ3n) is 2.80. The number of pyridine rings is 1. The Morgan fingerprint density at radius 2 is 2.35 bits per heavy atom. The highest BCUT2D eigenvalue weighted by Gasteiger charge is 2.25. The molecule has 1 aromatic rings. The van der Waals surface area contributed by atoms with E-state index in [1.807, 2.05) is 18.7 Å². The Hall–Kier alpha value is -1.13. The lowest BCUT2D eigenvalue weighted by Crippen LogP contribution is -2.47. The first-order valence-electron chi connectivity index (χ1n) is 5.61. The number of ether oxygens (including phenoxy) is 1. The summed E-state index contributed by atoms with van der Waals surface area (Å²) in [5, 5.41) is 0.356. The largest absolute Gasteiger partial charge is 0.377 e. The molecule has 0 N–H and O–H groups in total. The first-order chi connectivity index (χ1) is 8.08. The Bertz CT molecular complexity index is 416. The third kappa shape index (κ3) is 2.76. The number of carbonyl (C=O) groups is 1. The van der Waals surface area contributed by atoms with E-state index >= 15 is 0 Å². The molecule has 4 nitrogen and oxygen atoms in total. The van der Waals surface area contributed by atoms with Crippen LogP contribution in [0.15, 0.2) is 12.1 Å². The van der Waals surface area contributed by atoms with Crippen LogP contribution in [0.4, 0.5) is 0 Å². The normalized spacial score (nSPS) is 20.4. The summed E-state index contributed by atoms with van der Waals surface area (Å²) in [4.78, 5) is 18.2. The monoisotopic (exact) mass is 254 g/mol. The van der Waals surface area contributed by atoms with Crippen molar-refractivity contribution in [3.63, 3.8) is 0 Å². The molecule has 1 aromatic heterocycles. The summed E-state index contributed by atoms with van der Waals surface area (Å²) in [6.07, 6.45) is 0. The number of hydrogen-bond acceptors (Lipinski definition) is 3. The number of rotatable bonds is 1. The quantitative estimate of drug-likeness (QED) is 0.719. The van der Waals surface area contributed by atoms with E-state index in [1.165, 1.54) is 0 Å². The summed E-state index contributed by atoms with van der Waals surface area (Å²) >= 11 is 5.86. The SMILES string of the molecule is Cc1cc(C(=O)N2CCOC[C@H]2C)cc(Cl)n1. The maximum atomic E-state index is 12.3. The molecule has 0 aromatic carbocycles. The maximum absolute atomic E-state index is 12.3. The van der Waals surface area contributed by atoms with Gasteiger partial charge in [-0.05, 0) is 26.0 Å². The van der Waals surface area contributed by atoms with Gasteiger partial charge in [0, 0.05) is 17.8 Å². The van der Waals surface area contributed by atoms with Crippen molar-refractivity contribution >= 4 is 17.5 Å². The molecule has 2 heterocycles. The van der Waals surface area contributed by atoms with Gasteiger partial charge in [-0.2, -0.15) is 0 Å². The molecule has 17 heavy (non-hydrogen) atoms. The molecule has 92 valence electrons. The number of nitrogens with zero attached hydrogens (tertiary/aromatic N) is 2. The average molecular weight is 255 g/mol. The van der Waals surface area contributed by atoms with Crippen LogP contribution in [0.1, 0.15) is 23.0 Å². The fourth-order valence-electron chi connectivity index (χ4n) is 1.95. The summed E-state index contributed by atoms with van der Waals surface area (Å²) in [5.74, 6) is -0.00630. The van der Waals surface area contributed by atoms with Gasteiger partial charge in [0.05, 0.1) is 19.3 Å². The minimum atomic E-state index is -0.00630. The fourth-order valence-corrected chi connectivity index (χ4v) is 2.20. The van der Waals surface area contributed by atoms with Gasteiger partial charge in [0.25, 0.3) is 5.91 Å². The van der Waals surface area contributed by atoms with E-state index in [0.717, 1.165) is 5.69 Å². The molecule has 1 aliphatic rings. The lowest BCUT2D eigenvalue weighted by molar-refractivity contribution is 0.00358. The van der Waals surface area contributed by atoms with Gasteiger partial charge >= 0.3 is 0 Å². The molecule has 0 radical (unpaired) electrons. The molecule has 1 amide bonds. The first kappa shape index (κ1) is 12.3. The van der Waals surface area contributed by atoms with Gasteiger partial charge in [-0.3, -0.25) is 4.79 Å². The highest BCUT2D eigenvalue weighted by atomic mass is 35.5. The summed E-state index contributed by atoms with van der Waals surface area (Å²) in [6, 6.07) is 3.47. The van der Waals surface area contributed by atoms with Gasteiger partial charge in [-0.25, -0.2) is 4.98 Å². The van der Waals surface area contributed by atoms with E-state index in [-0.39, 0.29) is 11.9 Å². The highest BCUT2D eigenvalue weighted by Crippen LogP contribution is 2.16. The van der Waals surface area contributed by atoms with Crippen molar-refractivity contribution < 1.29 is 9.53 Å². The number of halogens is 1. The lowest BCUT2D eigenvalue weighted by atomic mass is 10.1. The van der Waals surface area contributed by atoms with E-state index in [2.05, 4.69) is 4.98 Å². The van der Waals surface area contributed by atoms with Gasteiger partial charge in [-0.1, -0.05) is 11.6 Å². The number of aryl methyl sites for hydroxylation is 1. The van der Waals surface area contributed by atoms with Crippen LogP contribution >= 0.6 is 11.6 Å². The van der Waals surface area contributed by atoms with Crippen molar-refractivity contribution in [1.29, 1.82) is 0 Å². The molecular weight excluding hydrogens is 240 g/mol. The molecule has 1 atom stereocenters. The second-order valence-electron chi connectivity index (χ2n) is 4.24. The molecule has 2 rings (SSSR count). The predicted molar refractivity (Wildman–Crippen MR) is 65.3 cm³/mol. The third-order valence-corrected chi connectivity index (χ3v) is 2.99. The van der Waals surface area contributed by atoms with Gasteiger partial charge in [0.1, 0.15) is 5.15 Å². The Labute approximate surface area is 106 Å². The standard InChI is InChI=1S/C12H15ClN2O2/c1-8-5-10(6-11(13)14-8)12(16)15-3-4-17-7-9(15)2/h5-6,9H,3-4,7H2,1-2H3/t9-/m1/s1. The zero-order valence-corrected chi connectivity index (χ0v) is 10.7. The lowest BCUT2D eigenvalue weighted by Gasteiger charge is -2.33. The molecule has 0 spiro atoms. The second-order valence-corrected chi connectivity index (χ2v) is 4.63. The van der Waals surface area contributed by atoms with Crippen LogP contribution in [0.5, 0.6) is 0 Å². The van der Waals surface area contributed by atoms with Crippen LogP contribution < -0.4 is 0 Å². The number of carbonyl (C=O) groups excluding carboxylic acids is 1. The first-order valence-corrected chi connectivity index (χ1v) is 5.98. The minimum Gasteiger partial charge on any atom is -0.377 e. The fraction of sp³-hybridized carbons (Fsp3) is 0.500. The van der Waals surface area contributed by atoms with Gasteiger partial charge in [0.15, 0.2) is 0 Å². The molecule has 0 bridgehead atoms. The van der Waals surface area contributed by atoms with Crippen LogP contribution in [-0.2, 0) is 4.74 Å². The summed E-state index contributed by atoms with van der Waals surface area (Å²) in [5.41, 5.74) is 1.35. The van der Waals surface area contributed by atoms with Crippen LogP contribution in [0.3, 0.4) is 0 Å². The molecule has 1 saturated heterocycles. The number of hydrogen-bond donors (Lipinski definition) is 0. The molecule has 5 heteroatoms. The number of aromatic nitrogens is 1. The van der Waals surface area contributed by atoms with Gasteiger partial charge < -0.3 is 9.64 Å².